The van der Waals surface area contributed by atoms with Gasteiger partial charge in [-0.05, 0) is 29.8 Å². The topological polar surface area (TPSA) is 67.6 Å². The molecule has 2 aromatic carbocycles. The van der Waals surface area contributed by atoms with E-state index in [4.69, 9.17) is 4.74 Å². The summed E-state index contributed by atoms with van der Waals surface area (Å²) in [5, 5.41) is 14.6. The zero-order chi connectivity index (χ0) is 19.4. The number of hydrogen-bond acceptors (Lipinski definition) is 5. The first-order valence-corrected chi connectivity index (χ1v) is 8.66. The normalized spacial score (nSPS) is 16.0. The van der Waals surface area contributed by atoms with Gasteiger partial charge in [-0.1, -0.05) is 12.1 Å². The Kier molecular flexibility index (Phi) is 5.43. The number of nitrogens with one attached hydrogen (secondary N) is 1. The lowest BCUT2D eigenvalue weighted by atomic mass is 10.1. The van der Waals surface area contributed by atoms with Crippen LogP contribution in [0.25, 0.3) is 0 Å². The maximum absolute atomic E-state index is 13.4. The predicted octanol–water partition coefficient (Wildman–Crippen LogP) is 4.45. The first-order chi connectivity index (χ1) is 12.9. The van der Waals surface area contributed by atoms with Crippen molar-refractivity contribution >= 4 is 17.1 Å². The van der Waals surface area contributed by atoms with Crippen LogP contribution in [0, 0.1) is 10.1 Å². The number of alkyl halides is 2. The second-order valence-corrected chi connectivity index (χ2v) is 6.51. The summed E-state index contributed by atoms with van der Waals surface area (Å²) in [5.74, 6) is -1.94. The number of methoxy groups -OCH3 is 1. The second-order valence-electron chi connectivity index (χ2n) is 6.51. The lowest BCUT2D eigenvalue weighted by Gasteiger charge is -2.33. The lowest BCUT2D eigenvalue weighted by Crippen LogP contribution is -2.39. The van der Waals surface area contributed by atoms with Gasteiger partial charge in [0.25, 0.3) is 11.6 Å². The van der Waals surface area contributed by atoms with Gasteiger partial charge in [0.15, 0.2) is 0 Å². The molecule has 1 heterocycles. The van der Waals surface area contributed by atoms with Crippen LogP contribution in [0.15, 0.2) is 42.5 Å². The smallest absolute Gasteiger partial charge is 0.292 e. The molecular weight excluding hydrogens is 356 g/mol. The van der Waals surface area contributed by atoms with Gasteiger partial charge in [-0.15, -0.1) is 0 Å². The van der Waals surface area contributed by atoms with Crippen molar-refractivity contribution in [3.8, 4) is 5.75 Å². The van der Waals surface area contributed by atoms with Gasteiger partial charge in [0.05, 0.1) is 12.0 Å². The van der Waals surface area contributed by atoms with Gasteiger partial charge in [0, 0.05) is 44.2 Å². The quantitative estimate of drug-likeness (QED) is 0.595. The number of halogens is 2. The molecule has 6 nitrogen and oxygen atoms in total. The molecule has 8 heteroatoms. The average Bonchev–Trinajstić information content (AvgIpc) is 2.66. The van der Waals surface area contributed by atoms with Crippen LogP contribution in [-0.2, 0) is 6.54 Å². The maximum Gasteiger partial charge on any atom is 0.292 e. The molecule has 0 spiro atoms. The molecule has 27 heavy (non-hydrogen) atoms. The monoisotopic (exact) mass is 377 g/mol. The largest absolute Gasteiger partial charge is 0.497 e. The van der Waals surface area contributed by atoms with Crippen molar-refractivity contribution in [2.45, 2.75) is 25.3 Å². The van der Waals surface area contributed by atoms with E-state index in [0.717, 1.165) is 11.3 Å². The van der Waals surface area contributed by atoms with Gasteiger partial charge in [-0.3, -0.25) is 10.1 Å². The lowest BCUT2D eigenvalue weighted by molar-refractivity contribution is -0.384. The number of hydrogen-bond donors (Lipinski definition) is 1. The Morgan fingerprint density at radius 2 is 1.85 bits per heavy atom. The summed E-state index contributed by atoms with van der Waals surface area (Å²) >= 11 is 0. The zero-order valence-corrected chi connectivity index (χ0v) is 15.0. The van der Waals surface area contributed by atoms with E-state index >= 15 is 0 Å². The minimum absolute atomic E-state index is 0.0739. The van der Waals surface area contributed by atoms with E-state index in [1.54, 1.807) is 24.1 Å². The number of nitro benzene ring substituents is 1. The highest BCUT2D eigenvalue weighted by atomic mass is 19.3. The molecule has 0 aromatic heterocycles. The molecule has 1 aliphatic heterocycles. The molecule has 144 valence electrons. The van der Waals surface area contributed by atoms with Gasteiger partial charge < -0.3 is 15.0 Å². The molecule has 1 N–H and O–H groups in total. The van der Waals surface area contributed by atoms with Crippen molar-refractivity contribution < 1.29 is 18.4 Å². The van der Waals surface area contributed by atoms with Crippen LogP contribution < -0.4 is 15.0 Å². The van der Waals surface area contributed by atoms with Crippen LogP contribution >= 0.6 is 0 Å². The molecule has 0 amide bonds. The van der Waals surface area contributed by atoms with Crippen LogP contribution in [0.4, 0.5) is 25.8 Å². The van der Waals surface area contributed by atoms with Crippen LogP contribution in [0.2, 0.25) is 0 Å². The standard InChI is InChI=1S/C19H21F2N3O3/c1-27-16-5-2-14(3-6-16)13-22-15-4-7-17(24(25)26)18(12-15)23-10-8-19(20,21)9-11-23/h2-7,12,22H,8-11,13H2,1H3. The number of benzene rings is 2. The van der Waals surface area contributed by atoms with Gasteiger partial charge >= 0.3 is 0 Å². The van der Waals surface area contributed by atoms with Crippen molar-refractivity contribution in [2.24, 2.45) is 0 Å². The van der Waals surface area contributed by atoms with Gasteiger partial charge in [0.1, 0.15) is 11.4 Å². The fraction of sp³-hybridized carbons (Fsp3) is 0.368. The third-order valence-corrected chi connectivity index (χ3v) is 4.66. The van der Waals surface area contributed by atoms with Crippen molar-refractivity contribution in [2.75, 3.05) is 30.4 Å². The van der Waals surface area contributed by atoms with E-state index in [-0.39, 0.29) is 31.6 Å². The number of rotatable bonds is 6. The van der Waals surface area contributed by atoms with E-state index in [2.05, 4.69) is 5.32 Å². The predicted molar refractivity (Wildman–Crippen MR) is 99.8 cm³/mol. The van der Waals surface area contributed by atoms with E-state index in [1.807, 2.05) is 24.3 Å². The molecule has 3 rings (SSSR count). The van der Waals surface area contributed by atoms with Crippen molar-refractivity contribution in [3.63, 3.8) is 0 Å². The molecule has 0 unspecified atom stereocenters. The molecule has 1 aliphatic rings. The van der Waals surface area contributed by atoms with Crippen LogP contribution in [0.3, 0.4) is 0 Å². The van der Waals surface area contributed by atoms with E-state index < -0.39 is 10.8 Å². The van der Waals surface area contributed by atoms with Crippen molar-refractivity contribution in [1.29, 1.82) is 0 Å². The Balaban J connectivity index is 1.75. The SMILES string of the molecule is COc1ccc(CNc2ccc([N+](=O)[O-])c(N3CCC(F)(F)CC3)c2)cc1. The summed E-state index contributed by atoms with van der Waals surface area (Å²) in [6.45, 7) is 0.713. The third kappa shape index (κ3) is 4.64. The second kappa shape index (κ2) is 7.77. The average molecular weight is 377 g/mol. The van der Waals surface area contributed by atoms with Crippen molar-refractivity contribution in [3.05, 3.63) is 58.1 Å². The van der Waals surface area contributed by atoms with E-state index in [9.17, 15) is 18.9 Å². The van der Waals surface area contributed by atoms with Gasteiger partial charge in [-0.2, -0.15) is 0 Å². The highest BCUT2D eigenvalue weighted by Crippen LogP contribution is 2.36. The molecule has 1 fully saturated rings. The Morgan fingerprint density at radius 3 is 2.44 bits per heavy atom. The summed E-state index contributed by atoms with van der Waals surface area (Å²) in [4.78, 5) is 12.5. The molecule has 2 aromatic rings. The first-order valence-electron chi connectivity index (χ1n) is 8.66. The summed E-state index contributed by atoms with van der Waals surface area (Å²) in [6, 6.07) is 12.3. The first kappa shape index (κ1) is 18.9. The Bertz CT molecular complexity index is 802. The number of ether oxygens (including phenoxy) is 1. The van der Waals surface area contributed by atoms with E-state index in [0.29, 0.717) is 17.9 Å². The molecule has 0 saturated carbocycles. The molecule has 0 bridgehead atoms. The highest BCUT2D eigenvalue weighted by molar-refractivity contribution is 5.70. The van der Waals surface area contributed by atoms with Gasteiger partial charge in [0.2, 0.25) is 0 Å². The van der Waals surface area contributed by atoms with Crippen LogP contribution in [-0.4, -0.2) is 31.0 Å². The summed E-state index contributed by atoms with van der Waals surface area (Å²) in [6.07, 6.45) is -0.596. The minimum Gasteiger partial charge on any atom is -0.497 e. The van der Waals surface area contributed by atoms with Gasteiger partial charge in [-0.25, -0.2) is 8.78 Å². The summed E-state index contributed by atoms with van der Waals surface area (Å²) in [7, 11) is 1.60. The molecular formula is C19H21F2N3O3. The molecule has 0 radical (unpaired) electrons. The minimum atomic E-state index is -2.70. The molecule has 0 aliphatic carbocycles. The fourth-order valence-electron chi connectivity index (χ4n) is 3.06. The van der Waals surface area contributed by atoms with Crippen LogP contribution in [0.5, 0.6) is 5.75 Å². The van der Waals surface area contributed by atoms with Crippen molar-refractivity contribution in [1.82, 2.24) is 0 Å². The van der Waals surface area contributed by atoms with Crippen LogP contribution in [0.1, 0.15) is 18.4 Å². The Labute approximate surface area is 155 Å². The number of anilines is 2. The molecule has 0 atom stereocenters. The number of nitrogens with zero attached hydrogens (tertiary/aromatic N) is 2. The van der Waals surface area contributed by atoms with E-state index in [1.165, 1.54) is 6.07 Å². The Hall–Kier alpha value is -2.90. The summed E-state index contributed by atoms with van der Waals surface area (Å²) < 4.78 is 31.9. The maximum atomic E-state index is 13.4. The number of nitro groups is 1. The Morgan fingerprint density at radius 1 is 1.19 bits per heavy atom. The fourth-order valence-corrected chi connectivity index (χ4v) is 3.06. The summed E-state index contributed by atoms with van der Waals surface area (Å²) in [5.41, 5.74) is 2.02. The highest BCUT2D eigenvalue weighted by Gasteiger charge is 2.35. The molecule has 1 saturated heterocycles. The number of piperidine rings is 1. The third-order valence-electron chi connectivity index (χ3n) is 4.66. The zero-order valence-electron chi connectivity index (χ0n) is 15.0.